The Kier molecular flexibility index (Phi) is 3.00. The minimum absolute atomic E-state index is 0.139. The number of hydrogen-bond donors (Lipinski definition) is 1. The fraction of sp³-hybridized carbons (Fsp3) is 0.250. The molecule has 1 N–H and O–H groups in total. The molecular formula is C8H7F3NO+. The first-order valence-electron chi connectivity index (χ1n) is 3.59. The predicted molar refractivity (Wildman–Crippen MR) is 40.1 cm³/mol. The molecule has 1 aromatic rings. The molecule has 0 aliphatic heterocycles. The Morgan fingerprint density at radius 2 is 2.08 bits per heavy atom. The molecule has 0 aliphatic rings. The summed E-state index contributed by atoms with van der Waals surface area (Å²) in [5.74, 6) is -0.791. The molecule has 0 unspecified atom stereocenters. The molecule has 0 saturated heterocycles. The van der Waals surface area contributed by atoms with Gasteiger partial charge in [0.1, 0.15) is 5.82 Å². The van der Waals surface area contributed by atoms with Gasteiger partial charge in [-0.25, -0.2) is 13.2 Å². The zero-order chi connectivity index (χ0) is 9.84. The third-order valence-electron chi connectivity index (χ3n) is 1.59. The molecule has 1 aromatic carbocycles. The van der Waals surface area contributed by atoms with Crippen LogP contribution in [-0.2, 0) is 6.42 Å². The van der Waals surface area contributed by atoms with Gasteiger partial charge in [-0.2, -0.15) is 0 Å². The van der Waals surface area contributed by atoms with Crippen molar-refractivity contribution in [2.75, 3.05) is 0 Å². The largest absolute Gasteiger partial charge is 0.259 e. The van der Waals surface area contributed by atoms with E-state index in [1.807, 2.05) is 0 Å². The lowest BCUT2D eigenvalue weighted by Gasteiger charge is -2.00. The van der Waals surface area contributed by atoms with E-state index in [0.29, 0.717) is 0 Å². The number of halogens is 3. The summed E-state index contributed by atoms with van der Waals surface area (Å²) in [6, 6.07) is 3.58. The molecule has 0 bridgehead atoms. The van der Waals surface area contributed by atoms with Crippen molar-refractivity contribution >= 4 is 5.69 Å². The Morgan fingerprint density at radius 3 is 2.62 bits per heavy atom. The standard InChI is InChI=1S/C8H6F3NO/c9-6-2-1-3-7(12-13)5(6)4-8(10)11/h1-3,8H,4H2/p+1. The van der Waals surface area contributed by atoms with Crippen molar-refractivity contribution in [3.8, 4) is 0 Å². The van der Waals surface area contributed by atoms with Crippen LogP contribution in [0.3, 0.4) is 0 Å². The molecule has 0 heterocycles. The molecule has 0 radical (unpaired) electrons. The van der Waals surface area contributed by atoms with E-state index >= 15 is 0 Å². The van der Waals surface area contributed by atoms with Gasteiger partial charge in [-0.1, -0.05) is 6.07 Å². The highest BCUT2D eigenvalue weighted by atomic mass is 19.3. The maximum Gasteiger partial charge on any atom is 0.259 e. The third kappa shape index (κ3) is 2.27. The monoisotopic (exact) mass is 190 g/mol. The zero-order valence-electron chi connectivity index (χ0n) is 6.56. The van der Waals surface area contributed by atoms with Crippen molar-refractivity contribution in [3.05, 3.63) is 34.5 Å². The van der Waals surface area contributed by atoms with Crippen LogP contribution in [0.25, 0.3) is 0 Å². The maximum absolute atomic E-state index is 12.9. The number of alkyl halides is 2. The Labute approximate surface area is 72.4 Å². The minimum atomic E-state index is -2.66. The lowest BCUT2D eigenvalue weighted by Crippen LogP contribution is -2.56. The Balaban J connectivity index is 3.07. The molecule has 2 nitrogen and oxygen atoms in total. The highest BCUT2D eigenvalue weighted by molar-refractivity contribution is 5.39. The summed E-state index contributed by atoms with van der Waals surface area (Å²) in [4.78, 5) is 10.2. The van der Waals surface area contributed by atoms with E-state index < -0.39 is 18.7 Å². The van der Waals surface area contributed by atoms with E-state index in [1.54, 1.807) is 0 Å². The molecular weight excluding hydrogens is 183 g/mol. The van der Waals surface area contributed by atoms with Gasteiger partial charge in [0.2, 0.25) is 6.43 Å². The van der Waals surface area contributed by atoms with Crippen LogP contribution >= 0.6 is 0 Å². The fourth-order valence-electron chi connectivity index (χ4n) is 1.02. The van der Waals surface area contributed by atoms with Crippen LogP contribution in [0.4, 0.5) is 18.9 Å². The number of hydrogen-bond acceptors (Lipinski definition) is 1. The summed E-state index contributed by atoms with van der Waals surface area (Å²) in [7, 11) is 0. The van der Waals surface area contributed by atoms with Crippen molar-refractivity contribution in [2.45, 2.75) is 12.8 Å². The van der Waals surface area contributed by atoms with Crippen LogP contribution in [0.2, 0.25) is 0 Å². The molecule has 0 aliphatic carbocycles. The summed E-state index contributed by atoms with van der Waals surface area (Å²) in [6.45, 7) is 0. The van der Waals surface area contributed by atoms with Gasteiger partial charge in [-0.05, 0) is 6.07 Å². The summed E-state index contributed by atoms with van der Waals surface area (Å²) >= 11 is 0. The molecule has 70 valence electrons. The Morgan fingerprint density at radius 1 is 1.38 bits per heavy atom. The predicted octanol–water partition coefficient (Wildman–Crippen LogP) is 1.11. The van der Waals surface area contributed by atoms with Crippen molar-refractivity contribution in [1.29, 1.82) is 0 Å². The van der Waals surface area contributed by atoms with Gasteiger partial charge in [-0.3, -0.25) is 0 Å². The summed E-state index contributed by atoms with van der Waals surface area (Å²) in [5, 5.41) is 1.42. The first-order valence-corrected chi connectivity index (χ1v) is 3.59. The summed E-state index contributed by atoms with van der Waals surface area (Å²) in [5.41, 5.74) is -0.409. The van der Waals surface area contributed by atoms with Crippen LogP contribution in [0.1, 0.15) is 5.56 Å². The molecule has 13 heavy (non-hydrogen) atoms. The zero-order valence-corrected chi connectivity index (χ0v) is 6.56. The van der Waals surface area contributed by atoms with E-state index in [0.717, 1.165) is 6.07 Å². The van der Waals surface area contributed by atoms with E-state index in [1.165, 1.54) is 17.3 Å². The van der Waals surface area contributed by atoms with E-state index in [9.17, 15) is 18.1 Å². The van der Waals surface area contributed by atoms with Crippen LogP contribution in [-0.4, -0.2) is 6.43 Å². The summed E-state index contributed by atoms with van der Waals surface area (Å²) < 4.78 is 36.7. The van der Waals surface area contributed by atoms with E-state index in [2.05, 4.69) is 0 Å². The lowest BCUT2D eigenvalue weighted by atomic mass is 10.1. The highest BCUT2D eigenvalue weighted by Crippen LogP contribution is 2.17. The molecule has 0 spiro atoms. The molecule has 0 amide bonds. The van der Waals surface area contributed by atoms with Crippen molar-refractivity contribution < 1.29 is 18.3 Å². The Bertz CT molecular complexity index is 314. The molecule has 5 heteroatoms. The number of rotatable bonds is 3. The SMILES string of the molecule is O=[NH+]c1cccc(F)c1CC(F)F. The van der Waals surface area contributed by atoms with Gasteiger partial charge in [0.25, 0.3) is 5.69 Å². The second-order valence-corrected chi connectivity index (χ2v) is 2.46. The lowest BCUT2D eigenvalue weighted by molar-refractivity contribution is -0.380. The first-order chi connectivity index (χ1) is 6.15. The highest BCUT2D eigenvalue weighted by Gasteiger charge is 2.17. The topological polar surface area (TPSA) is 31.0 Å². The van der Waals surface area contributed by atoms with Gasteiger partial charge >= 0.3 is 0 Å². The van der Waals surface area contributed by atoms with Crippen molar-refractivity contribution in [3.63, 3.8) is 0 Å². The van der Waals surface area contributed by atoms with Crippen LogP contribution in [0.15, 0.2) is 18.2 Å². The molecule has 0 fully saturated rings. The third-order valence-corrected chi connectivity index (χ3v) is 1.59. The quantitative estimate of drug-likeness (QED) is 0.760. The van der Waals surface area contributed by atoms with Crippen LogP contribution < -0.4 is 5.18 Å². The maximum atomic E-state index is 12.9. The summed E-state index contributed by atoms with van der Waals surface area (Å²) in [6.07, 6.45) is -3.42. The van der Waals surface area contributed by atoms with Gasteiger partial charge < -0.3 is 0 Å². The fourth-order valence-corrected chi connectivity index (χ4v) is 1.02. The van der Waals surface area contributed by atoms with Crippen molar-refractivity contribution in [1.82, 2.24) is 0 Å². The second-order valence-electron chi connectivity index (χ2n) is 2.46. The van der Waals surface area contributed by atoms with Crippen molar-refractivity contribution in [2.24, 2.45) is 0 Å². The second kappa shape index (κ2) is 4.02. The average Bonchev–Trinajstić information content (AvgIpc) is 2.08. The number of benzene rings is 1. The minimum Gasteiger partial charge on any atom is -0.210 e. The normalized spacial score (nSPS) is 10.5. The van der Waals surface area contributed by atoms with E-state index in [-0.39, 0.29) is 11.3 Å². The molecule has 0 saturated carbocycles. The molecule has 0 atom stereocenters. The first kappa shape index (κ1) is 9.70. The van der Waals surface area contributed by atoms with Gasteiger partial charge in [-0.15, -0.1) is 0 Å². The van der Waals surface area contributed by atoms with Crippen LogP contribution in [0, 0.1) is 10.7 Å². The van der Waals surface area contributed by atoms with Gasteiger partial charge in [0.05, 0.1) is 5.56 Å². The smallest absolute Gasteiger partial charge is 0.210 e. The molecule has 0 aromatic heterocycles. The average molecular weight is 190 g/mol. The van der Waals surface area contributed by atoms with Crippen LogP contribution in [0.5, 0.6) is 0 Å². The Hall–Kier alpha value is -1.39. The van der Waals surface area contributed by atoms with Gasteiger partial charge in [0, 0.05) is 22.6 Å². The van der Waals surface area contributed by atoms with Gasteiger partial charge in [0.15, 0.2) is 0 Å². The molecule has 1 rings (SSSR count). The number of nitrogens with one attached hydrogen (secondary N) is 1. The number of nitroso groups, excluding NO2 is 1. The van der Waals surface area contributed by atoms with E-state index in [4.69, 9.17) is 0 Å².